The van der Waals surface area contributed by atoms with Gasteiger partial charge >= 0.3 is 5.97 Å². The first-order valence-electron chi connectivity index (χ1n) is 9.59. The van der Waals surface area contributed by atoms with Crippen molar-refractivity contribution in [3.05, 3.63) is 35.9 Å². The van der Waals surface area contributed by atoms with E-state index in [-0.39, 0.29) is 10.1 Å². The van der Waals surface area contributed by atoms with Crippen molar-refractivity contribution in [3.63, 3.8) is 0 Å². The second-order valence-corrected chi connectivity index (χ2v) is 21.2. The molecular formula is C21H39NO2Si2. The fraction of sp³-hybridized carbons (Fsp3) is 0.667. The first-order valence-corrected chi connectivity index (χ1v) is 15.5. The summed E-state index contributed by atoms with van der Waals surface area (Å²) in [6.07, 6.45) is 0.565. The monoisotopic (exact) mass is 393 g/mol. The standard InChI is InChI=1S/C21H39NO2Si2/c1-20(2,3)25(7,8)22(26(9,10)21(4,5)6)18(19(23)24)16-17-14-12-11-13-15-17/h11-15,18H,16H2,1-10H3,(H,23,24)/t18-/m0/s1. The highest BCUT2D eigenvalue weighted by Crippen LogP contribution is 2.48. The van der Waals surface area contributed by atoms with Crippen molar-refractivity contribution in [2.75, 3.05) is 0 Å². The summed E-state index contributed by atoms with van der Waals surface area (Å²) in [4.78, 5) is 12.5. The van der Waals surface area contributed by atoms with Crippen LogP contribution in [-0.4, -0.2) is 37.8 Å². The molecule has 0 aliphatic rings. The molecule has 26 heavy (non-hydrogen) atoms. The lowest BCUT2D eigenvalue weighted by Crippen LogP contribution is -2.73. The molecule has 0 fully saturated rings. The summed E-state index contributed by atoms with van der Waals surface area (Å²) in [5.41, 5.74) is 1.10. The molecular weight excluding hydrogens is 354 g/mol. The van der Waals surface area contributed by atoms with E-state index in [0.717, 1.165) is 5.56 Å². The van der Waals surface area contributed by atoms with Crippen LogP contribution >= 0.6 is 0 Å². The molecule has 0 saturated heterocycles. The maximum atomic E-state index is 12.5. The Balaban J connectivity index is 3.57. The summed E-state index contributed by atoms with van der Waals surface area (Å²) >= 11 is 0. The maximum Gasteiger partial charge on any atom is 0.319 e. The topological polar surface area (TPSA) is 40.5 Å². The Kier molecular flexibility index (Phi) is 6.76. The third-order valence-corrected chi connectivity index (χ3v) is 20.5. The van der Waals surface area contributed by atoms with Crippen LogP contribution < -0.4 is 0 Å². The fourth-order valence-electron chi connectivity index (χ4n) is 3.33. The molecule has 5 heteroatoms. The molecule has 1 rings (SSSR count). The molecule has 1 aromatic carbocycles. The zero-order valence-corrected chi connectivity index (χ0v) is 20.5. The predicted molar refractivity (Wildman–Crippen MR) is 118 cm³/mol. The Morgan fingerprint density at radius 3 is 1.62 bits per heavy atom. The number of aliphatic carboxylic acids is 1. The van der Waals surface area contributed by atoms with E-state index in [2.05, 4.69) is 72.0 Å². The smallest absolute Gasteiger partial charge is 0.319 e. The summed E-state index contributed by atoms with van der Waals surface area (Å²) in [5.74, 6) is -0.691. The van der Waals surface area contributed by atoms with E-state index in [4.69, 9.17) is 0 Å². The molecule has 3 nitrogen and oxygen atoms in total. The van der Waals surface area contributed by atoms with Crippen molar-refractivity contribution in [2.45, 2.75) is 90.3 Å². The van der Waals surface area contributed by atoms with E-state index in [0.29, 0.717) is 6.42 Å². The number of carboxylic acids is 1. The van der Waals surface area contributed by atoms with Gasteiger partial charge in [-0.1, -0.05) is 98.1 Å². The van der Waals surface area contributed by atoms with E-state index in [1.807, 2.05) is 30.3 Å². The molecule has 1 atom stereocenters. The largest absolute Gasteiger partial charge is 0.480 e. The predicted octanol–water partition coefficient (Wildman–Crippen LogP) is 5.99. The molecule has 148 valence electrons. The molecule has 0 spiro atoms. The normalized spacial score (nSPS) is 15.2. The highest BCUT2D eigenvalue weighted by Gasteiger charge is 2.55. The zero-order valence-electron chi connectivity index (χ0n) is 18.5. The van der Waals surface area contributed by atoms with E-state index in [1.54, 1.807) is 0 Å². The SMILES string of the molecule is CC(C)(C)[Si](C)(C)N([C@@H](Cc1ccccc1)C(=O)O)[Si](C)(C)C(C)(C)C. The number of benzene rings is 1. The second-order valence-electron chi connectivity index (χ2n) is 10.5. The van der Waals surface area contributed by atoms with Gasteiger partial charge in [-0.15, -0.1) is 0 Å². The lowest BCUT2D eigenvalue weighted by atomic mass is 10.1. The second kappa shape index (κ2) is 7.60. The minimum atomic E-state index is -2.05. The average molecular weight is 394 g/mol. The van der Waals surface area contributed by atoms with Crippen molar-refractivity contribution in [3.8, 4) is 0 Å². The molecule has 0 aromatic heterocycles. The molecule has 0 aliphatic carbocycles. The molecule has 0 bridgehead atoms. The third-order valence-electron chi connectivity index (χ3n) is 6.74. The van der Waals surface area contributed by atoms with Crippen LogP contribution in [0.4, 0.5) is 0 Å². The van der Waals surface area contributed by atoms with Crippen molar-refractivity contribution < 1.29 is 9.90 Å². The van der Waals surface area contributed by atoms with Crippen molar-refractivity contribution >= 4 is 22.4 Å². The summed E-state index contributed by atoms with van der Waals surface area (Å²) in [7, 11) is -4.09. The molecule has 0 amide bonds. The van der Waals surface area contributed by atoms with E-state index in [9.17, 15) is 9.90 Å². The van der Waals surface area contributed by atoms with Gasteiger partial charge in [-0.25, -0.2) is 0 Å². The lowest BCUT2D eigenvalue weighted by Gasteiger charge is -2.59. The first kappa shape index (κ1) is 23.1. The molecule has 1 aromatic rings. The Morgan fingerprint density at radius 1 is 0.923 bits per heavy atom. The Hall–Kier alpha value is -0.916. The molecule has 0 unspecified atom stereocenters. The number of carboxylic acid groups (broad SMARTS) is 1. The maximum absolute atomic E-state index is 12.5. The number of nitrogens with zero attached hydrogens (tertiary/aromatic N) is 1. The van der Waals surface area contributed by atoms with Crippen LogP contribution in [0.25, 0.3) is 0 Å². The van der Waals surface area contributed by atoms with Gasteiger partial charge in [0.1, 0.15) is 22.5 Å². The van der Waals surface area contributed by atoms with Gasteiger partial charge in [0.05, 0.1) is 0 Å². The van der Waals surface area contributed by atoms with E-state index >= 15 is 0 Å². The quantitative estimate of drug-likeness (QED) is 0.603. The molecule has 0 saturated carbocycles. The van der Waals surface area contributed by atoms with Crippen LogP contribution in [0.3, 0.4) is 0 Å². The molecule has 1 N–H and O–H groups in total. The summed E-state index contributed by atoms with van der Waals surface area (Å²) < 4.78 is 2.54. The van der Waals surface area contributed by atoms with Crippen LogP contribution in [0.2, 0.25) is 36.3 Å². The van der Waals surface area contributed by atoms with Crippen LogP contribution in [0.15, 0.2) is 30.3 Å². The van der Waals surface area contributed by atoms with Gasteiger partial charge in [-0.3, -0.25) is 4.79 Å². The van der Waals surface area contributed by atoms with Gasteiger partial charge in [0.15, 0.2) is 0 Å². The number of hydrogen-bond acceptors (Lipinski definition) is 2. The average Bonchev–Trinajstić information content (AvgIpc) is 2.44. The Labute approximate surface area is 163 Å². The fourth-order valence-corrected chi connectivity index (χ4v) is 14.3. The minimum absolute atomic E-state index is 0.0902. The Bertz CT molecular complexity index is 587. The van der Waals surface area contributed by atoms with Gasteiger partial charge in [-0.2, -0.15) is 0 Å². The summed E-state index contributed by atoms with van der Waals surface area (Å²) in [5, 5.41) is 10.4. The van der Waals surface area contributed by atoms with Crippen LogP contribution in [0, 0.1) is 0 Å². The van der Waals surface area contributed by atoms with E-state index in [1.165, 1.54) is 0 Å². The summed E-state index contributed by atoms with van der Waals surface area (Å²) in [6, 6.07) is 9.60. The van der Waals surface area contributed by atoms with Gasteiger partial charge in [0.25, 0.3) is 0 Å². The lowest BCUT2D eigenvalue weighted by molar-refractivity contribution is -0.140. The van der Waals surface area contributed by atoms with Gasteiger partial charge in [0.2, 0.25) is 0 Å². The Morgan fingerprint density at radius 2 is 1.31 bits per heavy atom. The van der Waals surface area contributed by atoms with Gasteiger partial charge in [0, 0.05) is 0 Å². The number of carbonyl (C=O) groups is 1. The molecule has 0 heterocycles. The van der Waals surface area contributed by atoms with Crippen LogP contribution in [-0.2, 0) is 11.2 Å². The van der Waals surface area contributed by atoms with Crippen molar-refractivity contribution in [1.29, 1.82) is 0 Å². The van der Waals surface area contributed by atoms with Crippen LogP contribution in [0.1, 0.15) is 47.1 Å². The van der Waals surface area contributed by atoms with E-state index < -0.39 is 28.5 Å². The van der Waals surface area contributed by atoms with Crippen LogP contribution in [0.5, 0.6) is 0 Å². The highest BCUT2D eigenvalue weighted by molar-refractivity contribution is 6.93. The van der Waals surface area contributed by atoms with Crippen molar-refractivity contribution in [1.82, 2.24) is 4.23 Å². The van der Waals surface area contributed by atoms with Gasteiger partial charge < -0.3 is 9.34 Å². The highest BCUT2D eigenvalue weighted by atomic mass is 28.4. The minimum Gasteiger partial charge on any atom is -0.480 e. The first-order chi connectivity index (χ1) is 11.5. The molecule has 0 aliphatic heterocycles. The third kappa shape index (κ3) is 4.67. The zero-order chi connectivity index (χ0) is 20.6. The van der Waals surface area contributed by atoms with Crippen molar-refractivity contribution in [2.24, 2.45) is 0 Å². The summed E-state index contributed by atoms with van der Waals surface area (Å²) in [6.45, 7) is 23.1. The number of rotatable bonds is 6. The number of hydrogen-bond donors (Lipinski definition) is 1. The molecule has 0 radical (unpaired) electrons. The van der Waals surface area contributed by atoms with Gasteiger partial charge in [-0.05, 0) is 22.1 Å².